The van der Waals surface area contributed by atoms with E-state index in [2.05, 4.69) is 6.58 Å². The van der Waals surface area contributed by atoms with Crippen molar-refractivity contribution < 1.29 is 23.0 Å². The smallest absolute Gasteiger partial charge is 0.196 e. The predicted molar refractivity (Wildman–Crippen MR) is 105 cm³/mol. The Morgan fingerprint density at radius 1 is 1.15 bits per heavy atom. The maximum atomic E-state index is 14.4. The molecule has 5 heteroatoms. The van der Waals surface area contributed by atoms with Crippen LogP contribution in [0.4, 0.5) is 8.78 Å². The molecule has 1 saturated heterocycles. The van der Waals surface area contributed by atoms with Crippen molar-refractivity contribution >= 4 is 0 Å². The summed E-state index contributed by atoms with van der Waals surface area (Å²) in [4.78, 5) is 0. The molecule has 0 N–H and O–H groups in total. The molecule has 1 aliphatic rings. The molecule has 0 amide bonds. The lowest BCUT2D eigenvalue weighted by Crippen LogP contribution is -2.27. The van der Waals surface area contributed by atoms with Crippen LogP contribution in [-0.2, 0) is 14.2 Å². The van der Waals surface area contributed by atoms with Crippen LogP contribution in [0.25, 0.3) is 0 Å². The minimum absolute atomic E-state index is 0.0744. The number of ether oxygens (including phenoxy) is 3. The van der Waals surface area contributed by atoms with E-state index in [1.165, 1.54) is 14.0 Å². The van der Waals surface area contributed by atoms with Crippen molar-refractivity contribution in [3.63, 3.8) is 0 Å². The predicted octanol–water partition coefficient (Wildman–Crippen LogP) is 6.32. The van der Waals surface area contributed by atoms with Gasteiger partial charge in [-0.25, -0.2) is 8.78 Å². The number of rotatable bonds is 9. The fraction of sp³-hybridized carbons (Fsp3) is 0.545. The molecule has 27 heavy (non-hydrogen) atoms. The van der Waals surface area contributed by atoms with Gasteiger partial charge in [0.2, 0.25) is 0 Å². The van der Waals surface area contributed by atoms with Gasteiger partial charge in [-0.15, -0.1) is 6.58 Å². The first-order chi connectivity index (χ1) is 12.8. The molecule has 1 rings (SSSR count). The quantitative estimate of drug-likeness (QED) is 0.265. The summed E-state index contributed by atoms with van der Waals surface area (Å²) in [5, 5.41) is 0. The number of methoxy groups -OCH3 is 1. The molecule has 2 unspecified atom stereocenters. The normalized spacial score (nSPS) is 23.4. The van der Waals surface area contributed by atoms with Crippen LogP contribution in [0.2, 0.25) is 0 Å². The maximum Gasteiger partial charge on any atom is 0.196 e. The minimum atomic E-state index is -0.964. The van der Waals surface area contributed by atoms with Gasteiger partial charge in [0.25, 0.3) is 0 Å². The number of hydrogen-bond acceptors (Lipinski definition) is 3. The van der Waals surface area contributed by atoms with E-state index in [1.807, 2.05) is 13.0 Å². The lowest BCUT2D eigenvalue weighted by atomic mass is 9.99. The summed E-state index contributed by atoms with van der Waals surface area (Å²) in [7, 11) is 1.31. The third-order valence-electron chi connectivity index (χ3n) is 4.69. The van der Waals surface area contributed by atoms with Crippen LogP contribution >= 0.6 is 0 Å². The van der Waals surface area contributed by atoms with Crippen LogP contribution in [-0.4, -0.2) is 26.4 Å². The van der Waals surface area contributed by atoms with Crippen LogP contribution in [0.5, 0.6) is 0 Å². The van der Waals surface area contributed by atoms with Crippen LogP contribution in [0.1, 0.15) is 47.0 Å². The van der Waals surface area contributed by atoms with E-state index in [0.29, 0.717) is 36.7 Å². The Kier molecular flexibility index (Phi) is 10.1. The van der Waals surface area contributed by atoms with E-state index in [0.717, 1.165) is 18.6 Å². The first kappa shape index (κ1) is 23.2. The molecular weight excluding hydrogens is 350 g/mol. The average molecular weight is 382 g/mol. The van der Waals surface area contributed by atoms with Crippen molar-refractivity contribution in [2.24, 2.45) is 5.92 Å². The van der Waals surface area contributed by atoms with E-state index in [9.17, 15) is 8.78 Å². The first-order valence-electron chi connectivity index (χ1n) is 9.35. The topological polar surface area (TPSA) is 27.7 Å². The molecule has 0 spiro atoms. The van der Waals surface area contributed by atoms with Gasteiger partial charge in [0.05, 0.1) is 32.2 Å². The van der Waals surface area contributed by atoms with Gasteiger partial charge in [-0.05, 0) is 57.3 Å². The van der Waals surface area contributed by atoms with Gasteiger partial charge >= 0.3 is 0 Å². The standard InChI is InChI=1S/C22H32F2O3/c1-7-19-12-11-18(14-27-19)13-26-16(4)10-9-15(3)20(8-2)22(24)21(23)17(5)25-6/h7,9-10,18-19H,1,8,11-14H2,2-6H3/b15-9+,16-10+,21-17-,22-20-. The minimum Gasteiger partial charge on any atom is -0.498 e. The molecule has 1 heterocycles. The van der Waals surface area contributed by atoms with Gasteiger partial charge in [0, 0.05) is 5.92 Å². The maximum absolute atomic E-state index is 14.4. The molecule has 0 aromatic rings. The van der Waals surface area contributed by atoms with Crippen molar-refractivity contribution in [1.29, 1.82) is 0 Å². The lowest BCUT2D eigenvalue weighted by Gasteiger charge is -2.27. The fourth-order valence-corrected chi connectivity index (χ4v) is 2.77. The van der Waals surface area contributed by atoms with E-state index < -0.39 is 11.7 Å². The van der Waals surface area contributed by atoms with Crippen molar-refractivity contribution in [2.75, 3.05) is 20.3 Å². The van der Waals surface area contributed by atoms with Crippen molar-refractivity contribution in [3.8, 4) is 0 Å². The molecular formula is C22H32F2O3. The largest absolute Gasteiger partial charge is 0.498 e. The van der Waals surface area contributed by atoms with Gasteiger partial charge in [-0.3, -0.25) is 0 Å². The number of allylic oxidation sites excluding steroid dienone is 8. The second kappa shape index (κ2) is 11.8. The third-order valence-corrected chi connectivity index (χ3v) is 4.69. The van der Waals surface area contributed by atoms with Crippen LogP contribution in [0, 0.1) is 5.92 Å². The Morgan fingerprint density at radius 2 is 1.85 bits per heavy atom. The summed E-state index contributed by atoms with van der Waals surface area (Å²) < 4.78 is 44.6. The van der Waals surface area contributed by atoms with Crippen LogP contribution in [0.3, 0.4) is 0 Å². The van der Waals surface area contributed by atoms with Gasteiger partial charge in [0.1, 0.15) is 5.76 Å². The highest BCUT2D eigenvalue weighted by molar-refractivity contribution is 5.40. The Hall–Kier alpha value is -1.88. The van der Waals surface area contributed by atoms with E-state index in [4.69, 9.17) is 14.2 Å². The second-order valence-corrected chi connectivity index (χ2v) is 6.71. The molecule has 0 saturated carbocycles. The van der Waals surface area contributed by atoms with E-state index in [1.54, 1.807) is 26.0 Å². The Morgan fingerprint density at radius 3 is 2.37 bits per heavy atom. The molecule has 0 aromatic carbocycles. The average Bonchev–Trinajstić information content (AvgIpc) is 2.70. The summed E-state index contributed by atoms with van der Waals surface area (Å²) in [6, 6.07) is 0. The zero-order valence-corrected chi connectivity index (χ0v) is 17.1. The van der Waals surface area contributed by atoms with Crippen molar-refractivity contribution in [3.05, 3.63) is 59.1 Å². The molecule has 3 nitrogen and oxygen atoms in total. The highest BCUT2D eigenvalue weighted by Gasteiger charge is 2.20. The van der Waals surface area contributed by atoms with Gasteiger partial charge < -0.3 is 14.2 Å². The summed E-state index contributed by atoms with van der Waals surface area (Å²) in [5.41, 5.74) is 0.955. The Labute approximate surface area is 162 Å². The van der Waals surface area contributed by atoms with E-state index >= 15 is 0 Å². The van der Waals surface area contributed by atoms with Gasteiger partial charge in [-0.2, -0.15) is 0 Å². The van der Waals surface area contributed by atoms with Crippen molar-refractivity contribution in [1.82, 2.24) is 0 Å². The molecule has 1 fully saturated rings. The SMILES string of the molecule is C=CC1CCC(CO/C(C)=C/C=C(C)/C(CC)=C(F)/C(F)=C(\C)OC)CO1. The summed E-state index contributed by atoms with van der Waals surface area (Å²) in [5.74, 6) is -0.841. The number of hydrogen-bond donors (Lipinski definition) is 0. The zero-order valence-electron chi connectivity index (χ0n) is 17.1. The van der Waals surface area contributed by atoms with Crippen LogP contribution in [0.15, 0.2) is 59.1 Å². The Balaban J connectivity index is 2.73. The monoisotopic (exact) mass is 382 g/mol. The van der Waals surface area contributed by atoms with E-state index in [-0.39, 0.29) is 11.9 Å². The molecule has 0 aromatic heterocycles. The molecule has 0 aliphatic carbocycles. The highest BCUT2D eigenvalue weighted by Crippen LogP contribution is 2.28. The summed E-state index contributed by atoms with van der Waals surface area (Å²) in [6.45, 7) is 11.8. The summed E-state index contributed by atoms with van der Waals surface area (Å²) >= 11 is 0. The lowest BCUT2D eigenvalue weighted by molar-refractivity contribution is -0.0117. The second-order valence-electron chi connectivity index (χ2n) is 6.71. The summed E-state index contributed by atoms with van der Waals surface area (Å²) in [6.07, 6.45) is 7.87. The molecule has 0 radical (unpaired) electrons. The fourth-order valence-electron chi connectivity index (χ4n) is 2.77. The van der Waals surface area contributed by atoms with Gasteiger partial charge in [0.15, 0.2) is 11.7 Å². The Bertz CT molecular complexity index is 621. The van der Waals surface area contributed by atoms with Gasteiger partial charge in [-0.1, -0.05) is 19.1 Å². The molecule has 0 bridgehead atoms. The van der Waals surface area contributed by atoms with Crippen molar-refractivity contribution in [2.45, 2.75) is 53.1 Å². The molecule has 2 atom stereocenters. The number of halogens is 2. The highest BCUT2D eigenvalue weighted by atomic mass is 19.2. The third kappa shape index (κ3) is 7.33. The molecule has 152 valence electrons. The molecule has 1 aliphatic heterocycles. The zero-order chi connectivity index (χ0) is 20.4. The van der Waals surface area contributed by atoms with Crippen LogP contribution < -0.4 is 0 Å². The first-order valence-corrected chi connectivity index (χ1v) is 9.35.